The zero-order valence-electron chi connectivity index (χ0n) is 10.9. The lowest BCUT2D eigenvalue weighted by Gasteiger charge is -2.41. The van der Waals surface area contributed by atoms with Crippen LogP contribution < -0.4 is 0 Å². The van der Waals surface area contributed by atoms with Gasteiger partial charge in [0.2, 0.25) is 5.91 Å². The smallest absolute Gasteiger partial charge is 0.354 e. The number of amides is 1. The molecule has 1 aromatic rings. The van der Waals surface area contributed by atoms with Crippen molar-refractivity contribution in [3.8, 4) is 0 Å². The summed E-state index contributed by atoms with van der Waals surface area (Å²) in [7, 11) is 0. The molecule has 1 unspecified atom stereocenters. The molecule has 1 amide bonds. The Morgan fingerprint density at radius 1 is 1.33 bits per heavy atom. The Labute approximate surface area is 130 Å². The predicted octanol–water partition coefficient (Wildman–Crippen LogP) is 1.95. The van der Waals surface area contributed by atoms with Crippen molar-refractivity contribution in [2.24, 2.45) is 5.92 Å². The van der Waals surface area contributed by atoms with Crippen molar-refractivity contribution >= 4 is 35.4 Å². The summed E-state index contributed by atoms with van der Waals surface area (Å²) < 4.78 is 0.632. The third-order valence-corrected chi connectivity index (χ3v) is 6.03. The van der Waals surface area contributed by atoms with Crippen molar-refractivity contribution in [1.29, 1.82) is 0 Å². The Hall–Kier alpha value is -1.44. The number of β-lactam (4-membered cyclic amide) rings is 1. The van der Waals surface area contributed by atoms with Crippen molar-refractivity contribution < 1.29 is 19.8 Å². The molecular weight excluding hydrogens is 310 g/mol. The molecular formula is C14H13NO4S2. The number of aliphatic carboxylic acids is 1. The molecule has 1 fully saturated rings. The number of nitrogens with zero attached hydrogens (tertiary/aromatic N) is 1. The van der Waals surface area contributed by atoms with Crippen LogP contribution in [0, 0.1) is 5.92 Å². The van der Waals surface area contributed by atoms with Crippen molar-refractivity contribution in [3.63, 3.8) is 0 Å². The summed E-state index contributed by atoms with van der Waals surface area (Å²) >= 11 is 2.76. The Morgan fingerprint density at radius 2 is 2.05 bits per heavy atom. The number of thioether (sulfide) groups is 2. The molecule has 21 heavy (non-hydrogen) atoms. The van der Waals surface area contributed by atoms with Crippen LogP contribution in [0.1, 0.15) is 6.42 Å². The predicted molar refractivity (Wildman–Crippen MR) is 80.4 cm³/mol. The first kappa shape index (κ1) is 14.5. The second kappa shape index (κ2) is 5.75. The van der Waals surface area contributed by atoms with E-state index in [1.165, 1.54) is 28.4 Å². The largest absolute Gasteiger partial charge is 0.477 e. The highest BCUT2D eigenvalue weighted by Crippen LogP contribution is 2.54. The van der Waals surface area contributed by atoms with E-state index < -0.39 is 5.97 Å². The molecule has 2 aliphatic rings. The summed E-state index contributed by atoms with van der Waals surface area (Å²) in [5, 5.41) is 18.2. The van der Waals surface area contributed by atoms with Crippen LogP contribution in [0.3, 0.4) is 0 Å². The van der Waals surface area contributed by atoms with Gasteiger partial charge in [-0.15, -0.1) is 0 Å². The van der Waals surface area contributed by atoms with Gasteiger partial charge in [0.25, 0.3) is 0 Å². The summed E-state index contributed by atoms with van der Waals surface area (Å²) in [5.74, 6) is -1.58. The molecule has 7 heteroatoms. The van der Waals surface area contributed by atoms with Crippen molar-refractivity contribution in [2.45, 2.75) is 16.7 Å². The normalized spacial score (nSPS) is 24.0. The van der Waals surface area contributed by atoms with Gasteiger partial charge >= 0.3 is 5.97 Å². The average molecular weight is 323 g/mol. The number of aliphatic hydroxyl groups excluding tert-OH is 1. The second-order valence-electron chi connectivity index (χ2n) is 4.69. The number of hydrogen-bond donors (Lipinski definition) is 2. The minimum absolute atomic E-state index is 0.0646. The maximum atomic E-state index is 12.0. The Bertz CT molecular complexity index is 617. The summed E-state index contributed by atoms with van der Waals surface area (Å²) in [6.45, 7) is -0.0646. The van der Waals surface area contributed by atoms with Crippen LogP contribution in [-0.2, 0) is 9.59 Å². The number of carboxylic acid groups (broad SMARTS) is 1. The lowest BCUT2D eigenvalue weighted by atomic mass is 9.94. The zero-order chi connectivity index (χ0) is 15.0. The SMILES string of the molecule is O=C(O)C1=C(Sc2ccccc2)S[C@H]2C(CCO)C(=O)N12. The fourth-order valence-corrected chi connectivity index (χ4v) is 5.24. The van der Waals surface area contributed by atoms with Gasteiger partial charge in [-0.25, -0.2) is 4.79 Å². The highest BCUT2D eigenvalue weighted by Gasteiger charge is 2.55. The van der Waals surface area contributed by atoms with E-state index in [1.54, 1.807) is 0 Å². The molecule has 2 heterocycles. The summed E-state index contributed by atoms with van der Waals surface area (Å²) in [6.07, 6.45) is 0.378. The van der Waals surface area contributed by atoms with Gasteiger partial charge in [-0.05, 0) is 18.6 Å². The molecule has 0 saturated carbocycles. The van der Waals surface area contributed by atoms with Crippen LogP contribution >= 0.6 is 23.5 Å². The number of aliphatic hydroxyl groups is 1. The number of carboxylic acids is 1. The standard InChI is InChI=1S/C14H13NO4S2/c16-7-6-9-11(17)15-10(13(18)19)14(21-12(9)15)20-8-4-2-1-3-5-8/h1-5,9,12,16H,6-7H2,(H,18,19)/t9?,12-/m0/s1. The first-order valence-corrected chi connectivity index (χ1v) is 8.14. The topological polar surface area (TPSA) is 77.8 Å². The number of hydrogen-bond acceptors (Lipinski definition) is 5. The number of carbonyl (C=O) groups is 2. The fraction of sp³-hybridized carbons (Fsp3) is 0.286. The minimum Gasteiger partial charge on any atom is -0.477 e. The molecule has 5 nitrogen and oxygen atoms in total. The molecule has 0 aliphatic carbocycles. The molecule has 0 bridgehead atoms. The second-order valence-corrected chi connectivity index (χ2v) is 7.16. The highest BCUT2D eigenvalue weighted by molar-refractivity contribution is 8.22. The van der Waals surface area contributed by atoms with Crippen LogP contribution in [0.2, 0.25) is 0 Å². The zero-order valence-corrected chi connectivity index (χ0v) is 12.6. The molecule has 0 aromatic heterocycles. The summed E-state index contributed by atoms with van der Waals surface area (Å²) in [4.78, 5) is 25.8. The number of benzene rings is 1. The molecule has 2 aliphatic heterocycles. The van der Waals surface area contributed by atoms with E-state index in [1.807, 2.05) is 30.3 Å². The molecule has 3 rings (SSSR count). The van der Waals surface area contributed by atoms with Gasteiger partial charge in [0.15, 0.2) is 5.70 Å². The van der Waals surface area contributed by atoms with Crippen LogP contribution in [0.15, 0.2) is 45.2 Å². The Balaban J connectivity index is 1.86. The number of rotatable bonds is 5. The highest BCUT2D eigenvalue weighted by atomic mass is 32.2. The van der Waals surface area contributed by atoms with Crippen LogP contribution in [0.5, 0.6) is 0 Å². The van der Waals surface area contributed by atoms with E-state index >= 15 is 0 Å². The third-order valence-electron chi connectivity index (χ3n) is 3.41. The molecule has 2 atom stereocenters. The lowest BCUT2D eigenvalue weighted by Crippen LogP contribution is -2.57. The van der Waals surface area contributed by atoms with E-state index in [2.05, 4.69) is 0 Å². The minimum atomic E-state index is -1.08. The van der Waals surface area contributed by atoms with E-state index in [4.69, 9.17) is 5.11 Å². The number of fused-ring (bicyclic) bond motifs is 1. The van der Waals surface area contributed by atoms with E-state index in [-0.39, 0.29) is 29.5 Å². The monoisotopic (exact) mass is 323 g/mol. The Morgan fingerprint density at radius 3 is 2.67 bits per heavy atom. The Kier molecular flexibility index (Phi) is 3.97. The van der Waals surface area contributed by atoms with Gasteiger partial charge in [0.1, 0.15) is 0 Å². The van der Waals surface area contributed by atoms with Crippen molar-refractivity contribution in [3.05, 3.63) is 40.3 Å². The molecule has 1 saturated heterocycles. The van der Waals surface area contributed by atoms with Gasteiger partial charge in [-0.2, -0.15) is 0 Å². The van der Waals surface area contributed by atoms with E-state index in [9.17, 15) is 14.7 Å². The summed E-state index contributed by atoms with van der Waals surface area (Å²) in [6, 6.07) is 9.47. The molecule has 1 aromatic carbocycles. The molecule has 2 N–H and O–H groups in total. The molecule has 0 radical (unpaired) electrons. The van der Waals surface area contributed by atoms with Crippen LogP contribution in [-0.4, -0.2) is 39.0 Å². The molecule has 0 spiro atoms. The molecule has 110 valence electrons. The third kappa shape index (κ3) is 2.45. The maximum absolute atomic E-state index is 12.0. The first-order chi connectivity index (χ1) is 10.1. The quantitative estimate of drug-likeness (QED) is 0.807. The van der Waals surface area contributed by atoms with Gasteiger partial charge in [-0.1, -0.05) is 41.7 Å². The van der Waals surface area contributed by atoms with Gasteiger partial charge in [-0.3, -0.25) is 9.69 Å². The van der Waals surface area contributed by atoms with Crippen molar-refractivity contribution in [2.75, 3.05) is 6.61 Å². The maximum Gasteiger partial charge on any atom is 0.354 e. The van der Waals surface area contributed by atoms with Crippen molar-refractivity contribution in [1.82, 2.24) is 4.90 Å². The fourth-order valence-electron chi connectivity index (χ4n) is 2.42. The lowest BCUT2D eigenvalue weighted by molar-refractivity contribution is -0.152. The van der Waals surface area contributed by atoms with Gasteiger partial charge in [0.05, 0.1) is 15.5 Å². The van der Waals surface area contributed by atoms with Crippen LogP contribution in [0.25, 0.3) is 0 Å². The average Bonchev–Trinajstić information content (AvgIpc) is 2.81. The first-order valence-electron chi connectivity index (χ1n) is 6.44. The summed E-state index contributed by atoms with van der Waals surface area (Å²) in [5.41, 5.74) is 0.0676. The van der Waals surface area contributed by atoms with Crippen LogP contribution in [0.4, 0.5) is 0 Å². The van der Waals surface area contributed by atoms with Gasteiger partial charge < -0.3 is 10.2 Å². The van der Waals surface area contributed by atoms with E-state index in [0.717, 1.165) is 4.90 Å². The van der Waals surface area contributed by atoms with E-state index in [0.29, 0.717) is 10.7 Å². The van der Waals surface area contributed by atoms with Gasteiger partial charge in [0, 0.05) is 11.5 Å². The number of carbonyl (C=O) groups excluding carboxylic acids is 1.